The van der Waals surface area contributed by atoms with E-state index in [1.807, 2.05) is 0 Å². The average Bonchev–Trinajstić information content (AvgIpc) is 2.83. The summed E-state index contributed by atoms with van der Waals surface area (Å²) in [6.07, 6.45) is -4.22. The van der Waals surface area contributed by atoms with Crippen molar-refractivity contribution in [2.75, 3.05) is 13.2 Å². The number of nitrogens with one attached hydrogen (secondary N) is 1. The van der Waals surface area contributed by atoms with Gasteiger partial charge in [0.25, 0.3) is 0 Å². The highest BCUT2D eigenvalue weighted by Gasteiger charge is 2.30. The smallest absolute Gasteiger partial charge is 0.416 e. The lowest BCUT2D eigenvalue weighted by Gasteiger charge is -2.14. The molecule has 1 aromatic rings. The number of ether oxygens (including phenoxy) is 2. The van der Waals surface area contributed by atoms with Gasteiger partial charge < -0.3 is 14.8 Å². The maximum absolute atomic E-state index is 12.4. The fourth-order valence-corrected chi connectivity index (χ4v) is 2.10. The predicted molar refractivity (Wildman–Crippen MR) is 64.2 cm³/mol. The Labute approximate surface area is 118 Å². The van der Waals surface area contributed by atoms with Crippen molar-refractivity contribution in [3.63, 3.8) is 0 Å². The van der Waals surface area contributed by atoms with Gasteiger partial charge in [0.1, 0.15) is 11.9 Å². The molecule has 0 radical (unpaired) electrons. The van der Waals surface area contributed by atoms with Crippen molar-refractivity contribution < 1.29 is 31.4 Å². The van der Waals surface area contributed by atoms with E-state index in [0.29, 0.717) is 18.7 Å². The number of alkyl halides is 5. The van der Waals surface area contributed by atoms with Gasteiger partial charge in [0.2, 0.25) is 0 Å². The number of halogens is 5. The first kappa shape index (κ1) is 16.0. The minimum Gasteiger partial charge on any atom is -0.489 e. The molecule has 1 aliphatic heterocycles. The van der Waals surface area contributed by atoms with E-state index in [0.717, 1.165) is 12.1 Å². The molecule has 118 valence electrons. The monoisotopic (exact) mass is 311 g/mol. The molecule has 0 saturated carbocycles. The Balaban J connectivity index is 1.83. The summed E-state index contributed by atoms with van der Waals surface area (Å²) in [5, 5.41) is 2.95. The lowest BCUT2D eigenvalue weighted by Crippen LogP contribution is -2.27. The van der Waals surface area contributed by atoms with Crippen LogP contribution in [0, 0.1) is 0 Å². The Hall–Kier alpha value is -1.41. The quantitative estimate of drug-likeness (QED) is 0.848. The Morgan fingerprint density at radius 3 is 2.43 bits per heavy atom. The SMILES string of the molecule is FC(F)OC[C@@H]1C[C@@H](Oc2ccc(C(F)(F)F)cc2)CN1. The zero-order valence-corrected chi connectivity index (χ0v) is 10.9. The number of benzene rings is 1. The van der Waals surface area contributed by atoms with Crippen molar-refractivity contribution in [3.05, 3.63) is 29.8 Å². The summed E-state index contributed by atoms with van der Waals surface area (Å²) in [5.41, 5.74) is -0.748. The van der Waals surface area contributed by atoms with Crippen molar-refractivity contribution in [3.8, 4) is 5.75 Å². The molecule has 1 aliphatic rings. The molecule has 2 atom stereocenters. The normalized spacial score (nSPS) is 22.8. The van der Waals surface area contributed by atoms with Gasteiger partial charge in [-0.15, -0.1) is 0 Å². The van der Waals surface area contributed by atoms with E-state index >= 15 is 0 Å². The van der Waals surface area contributed by atoms with Crippen LogP contribution in [-0.4, -0.2) is 31.9 Å². The van der Waals surface area contributed by atoms with Crippen LogP contribution in [0.25, 0.3) is 0 Å². The predicted octanol–water partition coefficient (Wildman–Crippen LogP) is 3.05. The van der Waals surface area contributed by atoms with E-state index < -0.39 is 18.4 Å². The Morgan fingerprint density at radius 1 is 1.19 bits per heavy atom. The molecule has 1 fully saturated rings. The van der Waals surface area contributed by atoms with Gasteiger partial charge in [0, 0.05) is 19.0 Å². The van der Waals surface area contributed by atoms with E-state index in [4.69, 9.17) is 4.74 Å². The fraction of sp³-hybridized carbons (Fsp3) is 0.538. The highest BCUT2D eigenvalue weighted by Crippen LogP contribution is 2.30. The molecule has 8 heteroatoms. The van der Waals surface area contributed by atoms with Crippen LogP contribution in [0.3, 0.4) is 0 Å². The third-order valence-corrected chi connectivity index (χ3v) is 3.09. The van der Waals surface area contributed by atoms with Gasteiger partial charge in [-0.25, -0.2) is 0 Å². The van der Waals surface area contributed by atoms with Crippen LogP contribution in [0.15, 0.2) is 24.3 Å². The second-order valence-corrected chi connectivity index (χ2v) is 4.70. The van der Waals surface area contributed by atoms with E-state index in [2.05, 4.69) is 10.1 Å². The van der Waals surface area contributed by atoms with Crippen molar-refractivity contribution in [2.45, 2.75) is 31.4 Å². The molecule has 1 N–H and O–H groups in total. The Bertz CT molecular complexity index is 449. The van der Waals surface area contributed by atoms with Crippen LogP contribution in [-0.2, 0) is 10.9 Å². The molecule has 3 nitrogen and oxygen atoms in total. The Kier molecular flexibility index (Phi) is 5.00. The van der Waals surface area contributed by atoms with Crippen LogP contribution in [0.2, 0.25) is 0 Å². The van der Waals surface area contributed by atoms with E-state index in [9.17, 15) is 22.0 Å². The number of hydrogen-bond acceptors (Lipinski definition) is 3. The first-order valence-electron chi connectivity index (χ1n) is 6.31. The molecule has 2 rings (SSSR count). The van der Waals surface area contributed by atoms with E-state index in [1.54, 1.807) is 0 Å². The molecule has 0 amide bonds. The van der Waals surface area contributed by atoms with E-state index in [1.165, 1.54) is 12.1 Å². The minimum atomic E-state index is -4.38. The summed E-state index contributed by atoms with van der Waals surface area (Å²) >= 11 is 0. The summed E-state index contributed by atoms with van der Waals surface area (Å²) in [7, 11) is 0. The average molecular weight is 311 g/mol. The van der Waals surface area contributed by atoms with Gasteiger partial charge in [-0.05, 0) is 24.3 Å². The van der Waals surface area contributed by atoms with Crippen LogP contribution in [0.4, 0.5) is 22.0 Å². The summed E-state index contributed by atoms with van der Waals surface area (Å²) in [4.78, 5) is 0. The van der Waals surface area contributed by atoms with Gasteiger partial charge in [-0.3, -0.25) is 0 Å². The van der Waals surface area contributed by atoms with Crippen LogP contribution in [0.5, 0.6) is 5.75 Å². The van der Waals surface area contributed by atoms with Crippen molar-refractivity contribution in [2.24, 2.45) is 0 Å². The fourth-order valence-electron chi connectivity index (χ4n) is 2.10. The maximum Gasteiger partial charge on any atom is 0.416 e. The standard InChI is InChI=1S/C13H14F5NO2/c14-12(15)20-7-9-5-11(6-19-9)21-10-3-1-8(2-4-10)13(16,17)18/h1-4,9,11-12,19H,5-7H2/t9-,11+/m0/s1. The third kappa shape index (κ3) is 4.82. The van der Waals surface area contributed by atoms with Gasteiger partial charge in [0.05, 0.1) is 12.2 Å². The second-order valence-electron chi connectivity index (χ2n) is 4.70. The molecule has 21 heavy (non-hydrogen) atoms. The first-order chi connectivity index (χ1) is 9.84. The van der Waals surface area contributed by atoms with Crippen molar-refractivity contribution in [1.82, 2.24) is 5.32 Å². The summed E-state index contributed by atoms with van der Waals surface area (Å²) in [6, 6.07) is 4.11. The van der Waals surface area contributed by atoms with Crippen LogP contribution in [0.1, 0.15) is 12.0 Å². The van der Waals surface area contributed by atoms with Crippen molar-refractivity contribution >= 4 is 0 Å². The molecular weight excluding hydrogens is 297 g/mol. The van der Waals surface area contributed by atoms with Gasteiger partial charge >= 0.3 is 12.8 Å². The molecule has 0 bridgehead atoms. The first-order valence-corrected chi connectivity index (χ1v) is 6.31. The summed E-state index contributed by atoms with van der Waals surface area (Å²) in [5.74, 6) is 0.310. The Morgan fingerprint density at radius 2 is 1.86 bits per heavy atom. The maximum atomic E-state index is 12.4. The summed E-state index contributed by atoms with van der Waals surface area (Å²) < 4.78 is 70.7. The number of hydrogen-bond donors (Lipinski definition) is 1. The van der Waals surface area contributed by atoms with Crippen LogP contribution >= 0.6 is 0 Å². The van der Waals surface area contributed by atoms with Gasteiger partial charge in [-0.1, -0.05) is 0 Å². The third-order valence-electron chi connectivity index (χ3n) is 3.09. The molecule has 1 heterocycles. The summed E-state index contributed by atoms with van der Waals surface area (Å²) in [6.45, 7) is -2.52. The molecular formula is C13H14F5NO2. The molecule has 0 aliphatic carbocycles. The van der Waals surface area contributed by atoms with Gasteiger partial charge in [0.15, 0.2) is 0 Å². The second kappa shape index (κ2) is 6.57. The highest BCUT2D eigenvalue weighted by molar-refractivity contribution is 5.29. The lowest BCUT2D eigenvalue weighted by atomic mass is 10.2. The number of rotatable bonds is 5. The highest BCUT2D eigenvalue weighted by atomic mass is 19.4. The zero-order chi connectivity index (χ0) is 15.5. The lowest BCUT2D eigenvalue weighted by molar-refractivity contribution is -0.137. The largest absolute Gasteiger partial charge is 0.489 e. The molecule has 0 aromatic heterocycles. The zero-order valence-electron chi connectivity index (χ0n) is 10.9. The molecule has 1 saturated heterocycles. The van der Waals surface area contributed by atoms with E-state index in [-0.39, 0.29) is 18.8 Å². The van der Waals surface area contributed by atoms with Gasteiger partial charge in [-0.2, -0.15) is 22.0 Å². The molecule has 1 aromatic carbocycles. The molecule has 0 spiro atoms. The topological polar surface area (TPSA) is 30.5 Å². The van der Waals surface area contributed by atoms with Crippen molar-refractivity contribution in [1.29, 1.82) is 0 Å². The minimum absolute atomic E-state index is 0.134. The molecule has 0 unspecified atom stereocenters. The van der Waals surface area contributed by atoms with Crippen LogP contribution < -0.4 is 10.1 Å².